The van der Waals surface area contributed by atoms with Crippen LogP contribution in [0.4, 0.5) is 26.2 Å². The SMILES string of the molecule is CCNc1ncc(F)c(Nc2ccc(OCC)c(F)c2)n1. The Bertz CT molecular complexity index is 622. The molecule has 0 aliphatic heterocycles. The van der Waals surface area contributed by atoms with Crippen molar-refractivity contribution in [2.24, 2.45) is 0 Å². The van der Waals surface area contributed by atoms with Gasteiger partial charge < -0.3 is 15.4 Å². The Labute approximate surface area is 121 Å². The Morgan fingerprint density at radius 3 is 2.67 bits per heavy atom. The van der Waals surface area contributed by atoms with Crippen molar-refractivity contribution >= 4 is 17.5 Å². The van der Waals surface area contributed by atoms with Gasteiger partial charge in [-0.2, -0.15) is 4.98 Å². The van der Waals surface area contributed by atoms with Crippen LogP contribution in [0.15, 0.2) is 24.4 Å². The molecule has 0 atom stereocenters. The van der Waals surface area contributed by atoms with Gasteiger partial charge in [-0.1, -0.05) is 0 Å². The molecule has 7 heteroatoms. The Morgan fingerprint density at radius 2 is 2.00 bits per heavy atom. The summed E-state index contributed by atoms with van der Waals surface area (Å²) in [5, 5.41) is 5.59. The molecule has 0 saturated carbocycles. The van der Waals surface area contributed by atoms with E-state index in [4.69, 9.17) is 4.74 Å². The lowest BCUT2D eigenvalue weighted by molar-refractivity contribution is 0.321. The number of anilines is 3. The fourth-order valence-electron chi connectivity index (χ4n) is 1.69. The summed E-state index contributed by atoms with van der Waals surface area (Å²) in [6.07, 6.45) is 1.05. The number of benzene rings is 1. The van der Waals surface area contributed by atoms with Crippen molar-refractivity contribution in [3.05, 3.63) is 36.0 Å². The molecule has 2 N–H and O–H groups in total. The lowest BCUT2D eigenvalue weighted by atomic mass is 10.3. The summed E-state index contributed by atoms with van der Waals surface area (Å²) < 4.78 is 32.5. The number of halogens is 2. The Balaban J connectivity index is 2.21. The van der Waals surface area contributed by atoms with Crippen LogP contribution in [0.2, 0.25) is 0 Å². The second-order valence-corrected chi connectivity index (χ2v) is 4.12. The topological polar surface area (TPSA) is 59.1 Å². The summed E-state index contributed by atoms with van der Waals surface area (Å²) in [6.45, 7) is 4.63. The van der Waals surface area contributed by atoms with Crippen LogP contribution in [-0.4, -0.2) is 23.1 Å². The van der Waals surface area contributed by atoms with Gasteiger partial charge in [-0.15, -0.1) is 0 Å². The van der Waals surface area contributed by atoms with E-state index in [0.717, 1.165) is 6.20 Å². The van der Waals surface area contributed by atoms with Gasteiger partial charge in [0.2, 0.25) is 5.95 Å². The van der Waals surface area contributed by atoms with Gasteiger partial charge in [0.25, 0.3) is 0 Å². The third kappa shape index (κ3) is 3.77. The quantitative estimate of drug-likeness (QED) is 0.855. The molecule has 1 heterocycles. The third-order valence-corrected chi connectivity index (χ3v) is 2.57. The predicted molar refractivity (Wildman–Crippen MR) is 77.0 cm³/mol. The van der Waals surface area contributed by atoms with Crippen molar-refractivity contribution in [1.29, 1.82) is 0 Å². The first kappa shape index (κ1) is 15.0. The molecule has 0 bridgehead atoms. The molecule has 0 aliphatic carbocycles. The summed E-state index contributed by atoms with van der Waals surface area (Å²) in [6, 6.07) is 4.29. The van der Waals surface area contributed by atoms with Crippen molar-refractivity contribution in [1.82, 2.24) is 9.97 Å². The Hall–Kier alpha value is -2.44. The van der Waals surface area contributed by atoms with Crippen LogP contribution in [-0.2, 0) is 0 Å². The Morgan fingerprint density at radius 1 is 1.19 bits per heavy atom. The van der Waals surface area contributed by atoms with E-state index < -0.39 is 11.6 Å². The van der Waals surface area contributed by atoms with Crippen LogP contribution in [0.3, 0.4) is 0 Å². The van der Waals surface area contributed by atoms with Gasteiger partial charge >= 0.3 is 0 Å². The minimum absolute atomic E-state index is 0.0236. The first-order chi connectivity index (χ1) is 10.1. The van der Waals surface area contributed by atoms with Crippen LogP contribution < -0.4 is 15.4 Å². The molecule has 21 heavy (non-hydrogen) atoms. The summed E-state index contributed by atoms with van der Waals surface area (Å²) in [7, 11) is 0. The summed E-state index contributed by atoms with van der Waals surface area (Å²) in [4.78, 5) is 7.78. The molecular formula is C14H16F2N4O. The van der Waals surface area contributed by atoms with Gasteiger partial charge in [-0.05, 0) is 26.0 Å². The molecule has 2 rings (SSSR count). The van der Waals surface area contributed by atoms with Crippen molar-refractivity contribution < 1.29 is 13.5 Å². The van der Waals surface area contributed by atoms with Crippen LogP contribution in [0.5, 0.6) is 5.75 Å². The largest absolute Gasteiger partial charge is 0.491 e. The highest BCUT2D eigenvalue weighted by Gasteiger charge is 2.09. The highest BCUT2D eigenvalue weighted by atomic mass is 19.1. The molecule has 1 aromatic heterocycles. The fourth-order valence-corrected chi connectivity index (χ4v) is 1.69. The van der Waals surface area contributed by atoms with Crippen LogP contribution >= 0.6 is 0 Å². The van der Waals surface area contributed by atoms with Crippen LogP contribution in [0.1, 0.15) is 13.8 Å². The summed E-state index contributed by atoms with van der Waals surface area (Å²) in [5.41, 5.74) is 0.371. The molecular weight excluding hydrogens is 278 g/mol. The van der Waals surface area contributed by atoms with E-state index in [9.17, 15) is 8.78 Å². The lowest BCUT2D eigenvalue weighted by Crippen LogP contribution is -2.06. The molecule has 0 radical (unpaired) electrons. The summed E-state index contributed by atoms with van der Waals surface area (Å²) in [5.74, 6) is -0.717. The number of rotatable bonds is 6. The molecule has 112 valence electrons. The van der Waals surface area contributed by atoms with E-state index in [0.29, 0.717) is 24.8 Å². The average Bonchev–Trinajstić information content (AvgIpc) is 2.46. The zero-order chi connectivity index (χ0) is 15.2. The van der Waals surface area contributed by atoms with Gasteiger partial charge in [0.1, 0.15) is 0 Å². The summed E-state index contributed by atoms with van der Waals surface area (Å²) >= 11 is 0. The number of nitrogens with zero attached hydrogens (tertiary/aromatic N) is 2. The maximum Gasteiger partial charge on any atom is 0.224 e. The second-order valence-electron chi connectivity index (χ2n) is 4.12. The fraction of sp³-hybridized carbons (Fsp3) is 0.286. The van der Waals surface area contributed by atoms with E-state index in [-0.39, 0.29) is 11.6 Å². The van der Waals surface area contributed by atoms with Crippen LogP contribution in [0.25, 0.3) is 0 Å². The number of nitrogens with one attached hydrogen (secondary N) is 2. The van der Waals surface area contributed by atoms with E-state index >= 15 is 0 Å². The normalized spacial score (nSPS) is 10.3. The highest BCUT2D eigenvalue weighted by molar-refractivity contribution is 5.58. The molecule has 0 saturated heterocycles. The molecule has 0 amide bonds. The van der Waals surface area contributed by atoms with Crippen molar-refractivity contribution in [2.45, 2.75) is 13.8 Å². The third-order valence-electron chi connectivity index (χ3n) is 2.57. The number of hydrogen-bond acceptors (Lipinski definition) is 5. The minimum atomic E-state index is -0.619. The van der Waals surface area contributed by atoms with Gasteiger partial charge in [0.15, 0.2) is 23.2 Å². The molecule has 1 aromatic carbocycles. The van der Waals surface area contributed by atoms with Gasteiger partial charge in [-0.3, -0.25) is 0 Å². The first-order valence-electron chi connectivity index (χ1n) is 6.59. The van der Waals surface area contributed by atoms with Crippen LogP contribution in [0, 0.1) is 11.6 Å². The number of ether oxygens (including phenoxy) is 1. The van der Waals surface area contributed by atoms with Crippen molar-refractivity contribution in [3.8, 4) is 5.75 Å². The zero-order valence-corrected chi connectivity index (χ0v) is 11.8. The van der Waals surface area contributed by atoms with Gasteiger partial charge in [0.05, 0.1) is 12.8 Å². The predicted octanol–water partition coefficient (Wildman–Crippen LogP) is 3.33. The van der Waals surface area contributed by atoms with Gasteiger partial charge in [0, 0.05) is 18.3 Å². The molecule has 0 fully saturated rings. The van der Waals surface area contributed by atoms with E-state index in [1.807, 2.05) is 6.92 Å². The number of hydrogen-bond donors (Lipinski definition) is 2. The Kier molecular flexibility index (Phi) is 4.86. The number of aromatic nitrogens is 2. The van der Waals surface area contributed by atoms with E-state index in [1.165, 1.54) is 12.1 Å². The van der Waals surface area contributed by atoms with E-state index in [1.54, 1.807) is 13.0 Å². The minimum Gasteiger partial charge on any atom is -0.491 e. The highest BCUT2D eigenvalue weighted by Crippen LogP contribution is 2.24. The van der Waals surface area contributed by atoms with Crippen molar-refractivity contribution in [3.63, 3.8) is 0 Å². The smallest absolute Gasteiger partial charge is 0.224 e. The van der Waals surface area contributed by atoms with Crippen molar-refractivity contribution in [2.75, 3.05) is 23.8 Å². The maximum absolute atomic E-state index is 13.7. The lowest BCUT2D eigenvalue weighted by Gasteiger charge is -2.10. The maximum atomic E-state index is 13.7. The molecule has 0 spiro atoms. The second kappa shape index (κ2) is 6.83. The van der Waals surface area contributed by atoms with E-state index in [2.05, 4.69) is 20.6 Å². The molecule has 0 unspecified atom stereocenters. The first-order valence-corrected chi connectivity index (χ1v) is 6.59. The zero-order valence-electron chi connectivity index (χ0n) is 11.8. The molecule has 0 aliphatic rings. The molecule has 2 aromatic rings. The average molecular weight is 294 g/mol. The van der Waals surface area contributed by atoms with Gasteiger partial charge in [-0.25, -0.2) is 13.8 Å². The monoisotopic (exact) mass is 294 g/mol. The molecule has 5 nitrogen and oxygen atoms in total. The standard InChI is InChI=1S/C14H16F2N4O/c1-3-17-14-18-8-11(16)13(20-14)19-9-5-6-12(21-4-2)10(15)7-9/h5-8H,3-4H2,1-2H3,(H2,17,18,19,20).